The maximum absolute atomic E-state index is 10.7. The van der Waals surface area contributed by atoms with Crippen molar-refractivity contribution >= 4 is 27.5 Å². The summed E-state index contributed by atoms with van der Waals surface area (Å²) in [6.07, 6.45) is 0. The molecule has 0 aliphatic heterocycles. The molecule has 15 heavy (non-hydrogen) atoms. The lowest BCUT2D eigenvalue weighted by atomic mass is 10.2. The summed E-state index contributed by atoms with van der Waals surface area (Å²) >= 11 is 3.28. The maximum atomic E-state index is 10.7. The molecule has 0 saturated heterocycles. The Labute approximate surface area is 96.4 Å². The fourth-order valence-corrected chi connectivity index (χ4v) is 1.61. The standard InChI is InChI=1S/C10H10BrN3O/c1-14(6-10(13)15)8-3-2-7(5-12)9(11)4-8/h2-4H,6H2,1H3,(H2,13,15). The second kappa shape index (κ2) is 4.80. The number of nitrogens with two attached hydrogens (primary N) is 1. The Bertz CT molecular complexity index is 425. The lowest BCUT2D eigenvalue weighted by molar-refractivity contribution is -0.116. The second-order valence-corrected chi connectivity index (χ2v) is 3.95. The van der Waals surface area contributed by atoms with Gasteiger partial charge in [0.15, 0.2) is 0 Å². The molecule has 0 saturated carbocycles. The lowest BCUT2D eigenvalue weighted by Gasteiger charge is -2.17. The highest BCUT2D eigenvalue weighted by Gasteiger charge is 2.06. The van der Waals surface area contributed by atoms with E-state index in [0.29, 0.717) is 10.0 Å². The van der Waals surface area contributed by atoms with Gasteiger partial charge in [0.2, 0.25) is 5.91 Å². The van der Waals surface area contributed by atoms with Gasteiger partial charge >= 0.3 is 0 Å². The van der Waals surface area contributed by atoms with Gasteiger partial charge in [0, 0.05) is 17.2 Å². The van der Waals surface area contributed by atoms with Crippen molar-refractivity contribution in [1.82, 2.24) is 0 Å². The number of hydrogen-bond acceptors (Lipinski definition) is 3. The van der Waals surface area contributed by atoms with Crippen molar-refractivity contribution in [2.75, 3.05) is 18.5 Å². The number of likely N-dealkylation sites (N-methyl/N-ethyl adjacent to an activating group) is 1. The molecule has 1 amide bonds. The van der Waals surface area contributed by atoms with Crippen LogP contribution in [0.5, 0.6) is 0 Å². The third-order valence-electron chi connectivity index (χ3n) is 1.91. The van der Waals surface area contributed by atoms with Crippen LogP contribution in [0.1, 0.15) is 5.56 Å². The molecule has 5 heteroatoms. The Hall–Kier alpha value is -1.54. The van der Waals surface area contributed by atoms with E-state index in [1.807, 2.05) is 6.07 Å². The molecule has 2 N–H and O–H groups in total. The van der Waals surface area contributed by atoms with E-state index in [-0.39, 0.29) is 6.54 Å². The smallest absolute Gasteiger partial charge is 0.236 e. The number of rotatable bonds is 3. The minimum absolute atomic E-state index is 0.151. The van der Waals surface area contributed by atoms with Gasteiger partial charge in [-0.2, -0.15) is 5.26 Å². The molecule has 0 aliphatic rings. The van der Waals surface area contributed by atoms with Crippen molar-refractivity contribution in [2.24, 2.45) is 5.73 Å². The number of halogens is 1. The number of carbonyl (C=O) groups excluding carboxylic acids is 1. The van der Waals surface area contributed by atoms with E-state index in [1.165, 1.54) is 0 Å². The molecular weight excluding hydrogens is 258 g/mol. The molecule has 78 valence electrons. The molecule has 0 atom stereocenters. The summed E-state index contributed by atoms with van der Waals surface area (Å²) in [5, 5.41) is 8.73. The lowest BCUT2D eigenvalue weighted by Crippen LogP contribution is -2.30. The van der Waals surface area contributed by atoms with Crippen molar-refractivity contribution < 1.29 is 4.79 Å². The van der Waals surface area contributed by atoms with Crippen LogP contribution in [0.25, 0.3) is 0 Å². The van der Waals surface area contributed by atoms with Crippen LogP contribution in [0.3, 0.4) is 0 Å². The van der Waals surface area contributed by atoms with Gasteiger partial charge in [0.25, 0.3) is 0 Å². The summed E-state index contributed by atoms with van der Waals surface area (Å²) in [5.41, 5.74) is 6.47. The van der Waals surface area contributed by atoms with E-state index >= 15 is 0 Å². The molecule has 4 nitrogen and oxygen atoms in total. The molecule has 1 rings (SSSR count). The molecule has 0 fully saturated rings. The first-order valence-electron chi connectivity index (χ1n) is 4.23. The highest BCUT2D eigenvalue weighted by molar-refractivity contribution is 9.10. The van der Waals surface area contributed by atoms with E-state index in [1.54, 1.807) is 30.1 Å². The molecule has 0 unspecified atom stereocenters. The quantitative estimate of drug-likeness (QED) is 0.896. The number of hydrogen-bond donors (Lipinski definition) is 1. The average Bonchev–Trinajstić information content (AvgIpc) is 2.16. The van der Waals surface area contributed by atoms with Gasteiger partial charge in [-0.15, -0.1) is 0 Å². The largest absolute Gasteiger partial charge is 0.368 e. The number of nitriles is 1. The molecule has 0 bridgehead atoms. The van der Waals surface area contributed by atoms with Gasteiger partial charge in [-0.1, -0.05) is 0 Å². The highest BCUT2D eigenvalue weighted by atomic mass is 79.9. The fraction of sp³-hybridized carbons (Fsp3) is 0.200. The zero-order chi connectivity index (χ0) is 11.4. The minimum atomic E-state index is -0.391. The zero-order valence-corrected chi connectivity index (χ0v) is 9.78. The van der Waals surface area contributed by atoms with Crippen LogP contribution < -0.4 is 10.6 Å². The predicted molar refractivity (Wildman–Crippen MR) is 61.3 cm³/mol. The first-order valence-corrected chi connectivity index (χ1v) is 5.03. The summed E-state index contributed by atoms with van der Waals surface area (Å²) in [5.74, 6) is -0.391. The first kappa shape index (κ1) is 11.5. The number of anilines is 1. The molecule has 1 aromatic carbocycles. The SMILES string of the molecule is CN(CC(N)=O)c1ccc(C#N)c(Br)c1. The van der Waals surface area contributed by atoms with Gasteiger partial charge in [-0.25, -0.2) is 0 Å². The molecule has 0 spiro atoms. The highest BCUT2D eigenvalue weighted by Crippen LogP contribution is 2.22. The maximum Gasteiger partial charge on any atom is 0.236 e. The van der Waals surface area contributed by atoms with Crippen molar-refractivity contribution in [3.8, 4) is 6.07 Å². The van der Waals surface area contributed by atoms with Gasteiger partial charge in [-0.3, -0.25) is 4.79 Å². The zero-order valence-electron chi connectivity index (χ0n) is 8.20. The number of nitrogens with zero attached hydrogens (tertiary/aromatic N) is 2. The van der Waals surface area contributed by atoms with E-state index in [0.717, 1.165) is 5.69 Å². The Balaban J connectivity index is 2.93. The Morgan fingerprint density at radius 2 is 2.33 bits per heavy atom. The second-order valence-electron chi connectivity index (χ2n) is 3.10. The Morgan fingerprint density at radius 3 is 2.80 bits per heavy atom. The number of carbonyl (C=O) groups is 1. The first-order chi connectivity index (χ1) is 7.04. The van der Waals surface area contributed by atoms with Gasteiger partial charge in [0.1, 0.15) is 6.07 Å². The molecule has 0 heterocycles. The van der Waals surface area contributed by atoms with Crippen molar-refractivity contribution in [3.63, 3.8) is 0 Å². The van der Waals surface area contributed by atoms with Crippen LogP contribution in [0.4, 0.5) is 5.69 Å². The van der Waals surface area contributed by atoms with Crippen LogP contribution >= 0.6 is 15.9 Å². The third kappa shape index (κ3) is 2.96. The average molecular weight is 268 g/mol. The topological polar surface area (TPSA) is 70.1 Å². The summed E-state index contributed by atoms with van der Waals surface area (Å²) < 4.78 is 0.707. The van der Waals surface area contributed by atoms with Crippen LogP contribution in [0.2, 0.25) is 0 Å². The molecule has 1 aromatic rings. The van der Waals surface area contributed by atoms with Crippen LogP contribution in [0.15, 0.2) is 22.7 Å². The van der Waals surface area contributed by atoms with Gasteiger partial charge in [0.05, 0.1) is 12.1 Å². The molecule has 0 radical (unpaired) electrons. The van der Waals surface area contributed by atoms with Crippen LogP contribution in [0, 0.1) is 11.3 Å². The predicted octanol–water partition coefficient (Wildman–Crippen LogP) is 1.24. The van der Waals surface area contributed by atoms with E-state index in [9.17, 15) is 4.79 Å². The van der Waals surface area contributed by atoms with Crippen molar-refractivity contribution in [3.05, 3.63) is 28.2 Å². The van der Waals surface area contributed by atoms with E-state index < -0.39 is 5.91 Å². The van der Waals surface area contributed by atoms with Crippen LogP contribution in [-0.2, 0) is 4.79 Å². The Kier molecular flexibility index (Phi) is 3.69. The summed E-state index contributed by atoms with van der Waals surface area (Å²) in [6, 6.07) is 7.29. The molecule has 0 aliphatic carbocycles. The molecule has 0 aromatic heterocycles. The summed E-state index contributed by atoms with van der Waals surface area (Å²) in [6.45, 7) is 0.151. The van der Waals surface area contributed by atoms with Crippen molar-refractivity contribution in [2.45, 2.75) is 0 Å². The number of benzene rings is 1. The van der Waals surface area contributed by atoms with Crippen molar-refractivity contribution in [1.29, 1.82) is 5.26 Å². The monoisotopic (exact) mass is 267 g/mol. The van der Waals surface area contributed by atoms with Crippen LogP contribution in [-0.4, -0.2) is 19.5 Å². The third-order valence-corrected chi connectivity index (χ3v) is 2.56. The Morgan fingerprint density at radius 1 is 1.67 bits per heavy atom. The summed E-state index contributed by atoms with van der Waals surface area (Å²) in [4.78, 5) is 12.4. The van der Waals surface area contributed by atoms with E-state index in [2.05, 4.69) is 15.9 Å². The minimum Gasteiger partial charge on any atom is -0.368 e. The number of amides is 1. The van der Waals surface area contributed by atoms with Gasteiger partial charge in [-0.05, 0) is 34.1 Å². The van der Waals surface area contributed by atoms with Gasteiger partial charge < -0.3 is 10.6 Å². The summed E-state index contributed by atoms with van der Waals surface area (Å²) in [7, 11) is 1.76. The fourth-order valence-electron chi connectivity index (χ4n) is 1.16. The number of primary amides is 1. The van der Waals surface area contributed by atoms with E-state index in [4.69, 9.17) is 11.0 Å². The normalized spacial score (nSPS) is 9.40. The molecular formula is C10H10BrN3O.